The average Bonchev–Trinajstić information content (AvgIpc) is 2.99. The lowest BCUT2D eigenvalue weighted by atomic mass is 9.95. The molecule has 0 radical (unpaired) electrons. The summed E-state index contributed by atoms with van der Waals surface area (Å²) in [6.45, 7) is 0. The average molecular weight is 265 g/mol. The maximum absolute atomic E-state index is 12.3. The largest absolute Gasteiger partial charge is 0.548 e. The molecule has 2 bridgehead atoms. The normalized spacial score (nSPS) is 34.5. The topological polar surface area (TPSA) is 72.5 Å². The number of carbonyl (C=O) groups is 2. The lowest BCUT2D eigenvalue weighted by Gasteiger charge is -2.37. The molecule has 2 amide bonds. The van der Waals surface area contributed by atoms with Crippen LogP contribution in [0.4, 0.5) is 4.79 Å². The van der Waals surface area contributed by atoms with Gasteiger partial charge in [0, 0.05) is 12.1 Å². The number of nitrogens with one attached hydrogen (secondary N) is 1. The summed E-state index contributed by atoms with van der Waals surface area (Å²) in [7, 11) is 0. The van der Waals surface area contributed by atoms with Gasteiger partial charge in [-0.2, -0.15) is 0 Å². The van der Waals surface area contributed by atoms with E-state index in [2.05, 4.69) is 5.32 Å². The van der Waals surface area contributed by atoms with Crippen molar-refractivity contribution in [1.82, 2.24) is 10.2 Å². The molecule has 0 aromatic carbocycles. The van der Waals surface area contributed by atoms with E-state index >= 15 is 0 Å². The zero-order chi connectivity index (χ0) is 13.4. The lowest BCUT2D eigenvalue weighted by Crippen LogP contribution is -2.57. The minimum absolute atomic E-state index is 0.104. The van der Waals surface area contributed by atoms with Crippen molar-refractivity contribution in [2.24, 2.45) is 5.92 Å². The number of piperidine rings is 1. The van der Waals surface area contributed by atoms with Gasteiger partial charge >= 0.3 is 6.03 Å². The van der Waals surface area contributed by atoms with Crippen molar-refractivity contribution >= 4 is 12.0 Å². The number of nitrogens with zero attached hydrogens (tertiary/aromatic N) is 1. The van der Waals surface area contributed by atoms with Gasteiger partial charge in [-0.25, -0.2) is 4.79 Å². The van der Waals surface area contributed by atoms with E-state index in [1.54, 1.807) is 4.90 Å². The molecule has 3 rings (SSSR count). The molecule has 19 heavy (non-hydrogen) atoms. The molecule has 3 fully saturated rings. The molecule has 1 heterocycles. The van der Waals surface area contributed by atoms with Crippen LogP contribution in [-0.2, 0) is 4.79 Å². The Balaban J connectivity index is 1.66. The first-order chi connectivity index (χ1) is 9.16. The van der Waals surface area contributed by atoms with Gasteiger partial charge in [-0.3, -0.25) is 0 Å². The van der Waals surface area contributed by atoms with Crippen molar-refractivity contribution in [1.29, 1.82) is 0 Å². The Kier molecular flexibility index (Phi) is 3.37. The number of urea groups is 1. The summed E-state index contributed by atoms with van der Waals surface area (Å²) in [5.74, 6) is -0.988. The van der Waals surface area contributed by atoms with Gasteiger partial charge in [-0.1, -0.05) is 19.3 Å². The fourth-order valence-electron chi connectivity index (χ4n) is 4.08. The molecule has 0 unspecified atom stereocenters. The highest BCUT2D eigenvalue weighted by atomic mass is 16.4. The Labute approximate surface area is 113 Å². The van der Waals surface area contributed by atoms with Gasteiger partial charge in [0.25, 0.3) is 0 Å². The first-order valence-corrected chi connectivity index (χ1v) is 7.46. The summed E-state index contributed by atoms with van der Waals surface area (Å²) in [6, 6.07) is -0.560. The van der Waals surface area contributed by atoms with Crippen LogP contribution in [0, 0.1) is 5.92 Å². The number of aliphatic carboxylic acids is 1. The number of hydrogen-bond acceptors (Lipinski definition) is 3. The molecule has 2 saturated carbocycles. The summed E-state index contributed by atoms with van der Waals surface area (Å²) >= 11 is 0. The second kappa shape index (κ2) is 5.02. The van der Waals surface area contributed by atoms with E-state index < -0.39 is 12.0 Å². The van der Waals surface area contributed by atoms with Gasteiger partial charge in [0.2, 0.25) is 0 Å². The minimum Gasteiger partial charge on any atom is -0.548 e. The highest BCUT2D eigenvalue weighted by molar-refractivity contribution is 5.83. The quantitative estimate of drug-likeness (QED) is 0.796. The number of carboxylic acids is 1. The first-order valence-electron chi connectivity index (χ1n) is 7.46. The van der Waals surface area contributed by atoms with Gasteiger partial charge in [0.1, 0.15) is 0 Å². The number of rotatable bonds is 2. The summed E-state index contributed by atoms with van der Waals surface area (Å²) in [5.41, 5.74) is 0. The predicted molar refractivity (Wildman–Crippen MR) is 67.2 cm³/mol. The van der Waals surface area contributed by atoms with Crippen LogP contribution < -0.4 is 10.4 Å². The molecule has 0 aromatic rings. The van der Waals surface area contributed by atoms with Gasteiger partial charge < -0.3 is 20.1 Å². The van der Waals surface area contributed by atoms with Crippen LogP contribution in [0.5, 0.6) is 0 Å². The standard InChI is InChI=1S/C14H22N2O3/c17-13(18)12-9-6-7-11(8-9)16(12)14(19)15-10-4-2-1-3-5-10/h9-12H,1-8H2,(H,15,19)(H,17,18)/p-1/t9-,11-,12+/m0/s1. The van der Waals surface area contributed by atoms with Gasteiger partial charge in [0.05, 0.1) is 12.0 Å². The molecule has 2 aliphatic carbocycles. The van der Waals surface area contributed by atoms with Crippen molar-refractivity contribution in [3.05, 3.63) is 0 Å². The van der Waals surface area contributed by atoms with Crippen LogP contribution in [0.1, 0.15) is 51.4 Å². The number of fused-ring (bicyclic) bond motifs is 2. The van der Waals surface area contributed by atoms with Crippen molar-refractivity contribution in [2.75, 3.05) is 0 Å². The highest BCUT2D eigenvalue weighted by Crippen LogP contribution is 2.42. The van der Waals surface area contributed by atoms with E-state index in [0.717, 1.165) is 44.9 Å². The third-order valence-electron chi connectivity index (χ3n) is 4.99. The Morgan fingerprint density at radius 3 is 2.47 bits per heavy atom. The Hall–Kier alpha value is -1.26. The van der Waals surface area contributed by atoms with E-state index in [1.165, 1.54) is 6.42 Å². The molecule has 1 saturated heterocycles. The van der Waals surface area contributed by atoms with Crippen LogP contribution in [-0.4, -0.2) is 35.0 Å². The molecule has 106 valence electrons. The van der Waals surface area contributed by atoms with E-state index in [1.807, 2.05) is 0 Å². The molecule has 1 N–H and O–H groups in total. The molecule has 3 atom stereocenters. The van der Waals surface area contributed by atoms with Crippen LogP contribution >= 0.6 is 0 Å². The Bertz CT molecular complexity index is 379. The number of carbonyl (C=O) groups excluding carboxylic acids is 2. The van der Waals surface area contributed by atoms with Crippen molar-refractivity contribution < 1.29 is 14.7 Å². The predicted octanol–water partition coefficient (Wildman–Crippen LogP) is 0.631. The van der Waals surface area contributed by atoms with Crippen LogP contribution in [0.2, 0.25) is 0 Å². The third-order valence-corrected chi connectivity index (χ3v) is 4.99. The van der Waals surface area contributed by atoms with Crippen molar-refractivity contribution in [3.8, 4) is 0 Å². The molecule has 5 nitrogen and oxygen atoms in total. The zero-order valence-electron chi connectivity index (χ0n) is 11.1. The SMILES string of the molecule is O=C([O-])[C@H]1[C@H]2CC[C@@H](C2)N1C(=O)NC1CCCCC1. The number of amides is 2. The Morgan fingerprint density at radius 1 is 1.05 bits per heavy atom. The van der Waals surface area contributed by atoms with Crippen molar-refractivity contribution in [3.63, 3.8) is 0 Å². The molecule has 3 aliphatic rings. The minimum atomic E-state index is -1.09. The first kappa shape index (κ1) is 12.8. The maximum Gasteiger partial charge on any atom is 0.318 e. The summed E-state index contributed by atoms with van der Waals surface area (Å²) < 4.78 is 0. The molecular weight excluding hydrogens is 244 g/mol. The number of hydrogen-bond donors (Lipinski definition) is 1. The smallest absolute Gasteiger partial charge is 0.318 e. The molecule has 0 spiro atoms. The Morgan fingerprint density at radius 2 is 1.79 bits per heavy atom. The highest BCUT2D eigenvalue weighted by Gasteiger charge is 2.48. The van der Waals surface area contributed by atoms with Gasteiger partial charge in [-0.15, -0.1) is 0 Å². The van der Waals surface area contributed by atoms with E-state index in [-0.39, 0.29) is 24.0 Å². The number of carboxylic acid groups (broad SMARTS) is 1. The monoisotopic (exact) mass is 265 g/mol. The second-order valence-corrected chi connectivity index (χ2v) is 6.18. The van der Waals surface area contributed by atoms with Crippen molar-refractivity contribution in [2.45, 2.75) is 69.5 Å². The molecule has 1 aliphatic heterocycles. The van der Waals surface area contributed by atoms with Gasteiger partial charge in [0.15, 0.2) is 0 Å². The second-order valence-electron chi connectivity index (χ2n) is 6.18. The molecule has 5 heteroatoms. The van der Waals surface area contributed by atoms with Crippen LogP contribution in [0.25, 0.3) is 0 Å². The number of likely N-dealkylation sites (tertiary alicyclic amines) is 1. The maximum atomic E-state index is 12.3. The summed E-state index contributed by atoms with van der Waals surface area (Å²) in [5, 5.41) is 14.3. The third kappa shape index (κ3) is 2.30. The summed E-state index contributed by atoms with van der Waals surface area (Å²) in [6.07, 6.45) is 8.26. The van der Waals surface area contributed by atoms with Gasteiger partial charge in [-0.05, 0) is 38.0 Å². The lowest BCUT2D eigenvalue weighted by molar-refractivity contribution is -0.312. The zero-order valence-corrected chi connectivity index (χ0v) is 11.1. The van der Waals surface area contributed by atoms with E-state index in [4.69, 9.17) is 0 Å². The fourth-order valence-corrected chi connectivity index (χ4v) is 4.08. The van der Waals surface area contributed by atoms with E-state index in [0.29, 0.717) is 0 Å². The van der Waals surface area contributed by atoms with E-state index in [9.17, 15) is 14.7 Å². The molecular formula is C14H21N2O3-. The fraction of sp³-hybridized carbons (Fsp3) is 0.857. The van der Waals surface area contributed by atoms with Crippen LogP contribution in [0.3, 0.4) is 0 Å². The van der Waals surface area contributed by atoms with Crippen LogP contribution in [0.15, 0.2) is 0 Å². The summed E-state index contributed by atoms with van der Waals surface area (Å²) in [4.78, 5) is 25.2. The molecule has 0 aromatic heterocycles.